The molecule has 4 nitrogen and oxygen atoms in total. The van der Waals surface area contributed by atoms with Crippen molar-refractivity contribution in [2.24, 2.45) is 0 Å². The number of carbonyl (C=O) groups is 1. The molecule has 1 amide bonds. The second kappa shape index (κ2) is 7.49. The fourth-order valence-corrected chi connectivity index (χ4v) is 2.35. The summed E-state index contributed by atoms with van der Waals surface area (Å²) < 4.78 is 42.8. The average Bonchev–Trinajstić information content (AvgIpc) is 2.96. The highest BCUT2D eigenvalue weighted by Gasteiger charge is 2.30. The van der Waals surface area contributed by atoms with Crippen molar-refractivity contribution in [2.45, 2.75) is 31.5 Å². The van der Waals surface area contributed by atoms with Gasteiger partial charge in [0.2, 0.25) is 5.91 Å². The Morgan fingerprint density at radius 3 is 2.91 bits per heavy atom. The Bertz CT molecular complexity index is 500. The summed E-state index contributed by atoms with van der Waals surface area (Å²) in [4.78, 5) is 11.6. The number of hydrogen-bond donors (Lipinski definition) is 2. The number of alkyl halides is 3. The number of halogens is 3. The van der Waals surface area contributed by atoms with E-state index in [2.05, 4.69) is 10.6 Å². The zero-order chi connectivity index (χ0) is 16.0. The first-order valence-electron chi connectivity index (χ1n) is 7.25. The van der Waals surface area contributed by atoms with E-state index < -0.39 is 11.7 Å². The monoisotopic (exact) mass is 316 g/mol. The second-order valence-electron chi connectivity index (χ2n) is 5.22. The molecule has 2 rings (SSSR count). The Morgan fingerprint density at radius 2 is 2.23 bits per heavy atom. The normalized spacial score (nSPS) is 18.2. The number of carbonyl (C=O) groups excluding carboxylic acids is 1. The molecule has 1 heterocycles. The fourth-order valence-electron chi connectivity index (χ4n) is 2.35. The van der Waals surface area contributed by atoms with Crippen LogP contribution in [0.1, 0.15) is 24.8 Å². The minimum atomic E-state index is -4.39. The minimum Gasteiger partial charge on any atom is -0.492 e. The number of amides is 1. The number of benzene rings is 1. The van der Waals surface area contributed by atoms with Gasteiger partial charge in [0, 0.05) is 12.5 Å². The van der Waals surface area contributed by atoms with Crippen molar-refractivity contribution in [2.75, 3.05) is 19.7 Å². The lowest BCUT2D eigenvalue weighted by molar-refractivity contribution is -0.137. The highest BCUT2D eigenvalue weighted by atomic mass is 19.4. The molecule has 1 aliphatic heterocycles. The maximum atomic E-state index is 12.5. The Labute approximate surface area is 127 Å². The topological polar surface area (TPSA) is 50.4 Å². The molecule has 0 bridgehead atoms. The van der Waals surface area contributed by atoms with Gasteiger partial charge in [-0.05, 0) is 37.6 Å². The summed E-state index contributed by atoms with van der Waals surface area (Å²) in [5.41, 5.74) is -0.749. The van der Waals surface area contributed by atoms with E-state index in [1.165, 1.54) is 12.1 Å². The van der Waals surface area contributed by atoms with Crippen molar-refractivity contribution in [3.8, 4) is 5.75 Å². The van der Waals surface area contributed by atoms with Crippen molar-refractivity contribution in [3.05, 3.63) is 29.8 Å². The molecule has 0 aliphatic carbocycles. The maximum absolute atomic E-state index is 12.5. The van der Waals surface area contributed by atoms with E-state index in [0.29, 0.717) is 6.42 Å². The summed E-state index contributed by atoms with van der Waals surface area (Å²) in [6.45, 7) is 1.34. The van der Waals surface area contributed by atoms with Gasteiger partial charge in [-0.15, -0.1) is 0 Å². The van der Waals surface area contributed by atoms with Gasteiger partial charge in [0.25, 0.3) is 0 Å². The standard InChI is InChI=1S/C15H19F3N2O2/c16-15(17,18)11-3-1-5-13(9-11)22-8-7-20-14(21)10-12-4-2-6-19-12/h1,3,5,9,12,19H,2,4,6-8,10H2,(H,20,21). The lowest BCUT2D eigenvalue weighted by Gasteiger charge is -2.12. The van der Waals surface area contributed by atoms with Crippen LogP contribution in [0.4, 0.5) is 13.2 Å². The Balaban J connectivity index is 1.69. The van der Waals surface area contributed by atoms with Gasteiger partial charge < -0.3 is 15.4 Å². The van der Waals surface area contributed by atoms with Gasteiger partial charge in [-0.25, -0.2) is 0 Å². The molecule has 1 unspecified atom stereocenters. The van der Waals surface area contributed by atoms with Gasteiger partial charge in [-0.1, -0.05) is 6.07 Å². The zero-order valence-corrected chi connectivity index (χ0v) is 12.1. The molecule has 7 heteroatoms. The average molecular weight is 316 g/mol. The lowest BCUT2D eigenvalue weighted by atomic mass is 10.1. The van der Waals surface area contributed by atoms with Crippen molar-refractivity contribution < 1.29 is 22.7 Å². The first-order chi connectivity index (χ1) is 10.4. The van der Waals surface area contributed by atoms with Crippen molar-refractivity contribution in [1.29, 1.82) is 0 Å². The third kappa shape index (κ3) is 5.22. The zero-order valence-electron chi connectivity index (χ0n) is 12.1. The SMILES string of the molecule is O=C(CC1CCCN1)NCCOc1cccc(C(F)(F)F)c1. The van der Waals surface area contributed by atoms with E-state index in [4.69, 9.17) is 4.74 Å². The molecule has 1 aliphatic rings. The maximum Gasteiger partial charge on any atom is 0.416 e. The van der Waals surface area contributed by atoms with Gasteiger partial charge in [0.1, 0.15) is 12.4 Å². The molecule has 0 saturated carbocycles. The molecule has 0 spiro atoms. The molecule has 1 aromatic rings. The van der Waals surface area contributed by atoms with Crippen molar-refractivity contribution in [3.63, 3.8) is 0 Å². The molecule has 0 radical (unpaired) electrons. The highest BCUT2D eigenvalue weighted by Crippen LogP contribution is 2.31. The summed E-state index contributed by atoms with van der Waals surface area (Å²) in [6, 6.07) is 4.92. The van der Waals surface area contributed by atoms with Crippen LogP contribution in [-0.4, -0.2) is 31.6 Å². The van der Waals surface area contributed by atoms with E-state index in [-0.39, 0.29) is 30.9 Å². The van der Waals surface area contributed by atoms with E-state index in [1.54, 1.807) is 0 Å². The summed E-state index contributed by atoms with van der Waals surface area (Å²) in [6.07, 6.45) is -1.89. The number of nitrogens with one attached hydrogen (secondary N) is 2. The first kappa shape index (κ1) is 16.6. The third-order valence-corrected chi connectivity index (χ3v) is 3.45. The van der Waals surface area contributed by atoms with Crippen LogP contribution in [0.25, 0.3) is 0 Å². The molecule has 0 aromatic heterocycles. The quantitative estimate of drug-likeness (QED) is 0.792. The third-order valence-electron chi connectivity index (χ3n) is 3.45. The number of hydrogen-bond acceptors (Lipinski definition) is 3. The van der Waals surface area contributed by atoms with Crippen LogP contribution in [0, 0.1) is 0 Å². The molecule has 1 fully saturated rings. The molecule has 22 heavy (non-hydrogen) atoms. The summed E-state index contributed by atoms with van der Waals surface area (Å²) in [7, 11) is 0. The van der Waals surface area contributed by atoms with Gasteiger partial charge >= 0.3 is 6.18 Å². The molecular weight excluding hydrogens is 297 g/mol. The van der Waals surface area contributed by atoms with E-state index in [1.807, 2.05) is 0 Å². The van der Waals surface area contributed by atoms with E-state index in [0.717, 1.165) is 31.5 Å². The summed E-state index contributed by atoms with van der Waals surface area (Å²) >= 11 is 0. The van der Waals surface area contributed by atoms with Crippen molar-refractivity contribution in [1.82, 2.24) is 10.6 Å². The van der Waals surface area contributed by atoms with Crippen LogP contribution in [-0.2, 0) is 11.0 Å². The molecule has 1 aromatic carbocycles. The molecule has 122 valence electrons. The van der Waals surface area contributed by atoms with Gasteiger partial charge in [0.05, 0.1) is 12.1 Å². The van der Waals surface area contributed by atoms with Gasteiger partial charge in [-0.3, -0.25) is 4.79 Å². The Kier molecular flexibility index (Phi) is 5.65. The second-order valence-corrected chi connectivity index (χ2v) is 5.22. The molecular formula is C15H19F3N2O2. The summed E-state index contributed by atoms with van der Waals surface area (Å²) in [5.74, 6) is 0.0635. The number of ether oxygens (including phenoxy) is 1. The highest BCUT2D eigenvalue weighted by molar-refractivity contribution is 5.76. The van der Waals surface area contributed by atoms with Crippen molar-refractivity contribution >= 4 is 5.91 Å². The molecule has 2 N–H and O–H groups in total. The largest absolute Gasteiger partial charge is 0.492 e. The van der Waals surface area contributed by atoms with Gasteiger partial charge in [-0.2, -0.15) is 13.2 Å². The van der Waals surface area contributed by atoms with Crippen LogP contribution in [0.2, 0.25) is 0 Å². The molecule has 1 atom stereocenters. The lowest BCUT2D eigenvalue weighted by Crippen LogP contribution is -2.33. The Morgan fingerprint density at radius 1 is 1.41 bits per heavy atom. The predicted molar refractivity (Wildman–Crippen MR) is 75.6 cm³/mol. The minimum absolute atomic E-state index is 0.0768. The van der Waals surface area contributed by atoms with Crippen LogP contribution in [0.3, 0.4) is 0 Å². The fraction of sp³-hybridized carbons (Fsp3) is 0.533. The first-order valence-corrected chi connectivity index (χ1v) is 7.25. The van der Waals surface area contributed by atoms with Crippen LogP contribution in [0.15, 0.2) is 24.3 Å². The van der Waals surface area contributed by atoms with Crippen LogP contribution < -0.4 is 15.4 Å². The Hall–Kier alpha value is -1.76. The molecule has 1 saturated heterocycles. The summed E-state index contributed by atoms with van der Waals surface area (Å²) in [5, 5.41) is 5.92. The number of rotatable bonds is 6. The smallest absolute Gasteiger partial charge is 0.416 e. The van der Waals surface area contributed by atoms with E-state index in [9.17, 15) is 18.0 Å². The van der Waals surface area contributed by atoms with Gasteiger partial charge in [0.15, 0.2) is 0 Å². The van der Waals surface area contributed by atoms with E-state index >= 15 is 0 Å². The predicted octanol–water partition coefficient (Wildman–Crippen LogP) is 2.34. The van der Waals surface area contributed by atoms with Crippen LogP contribution in [0.5, 0.6) is 5.75 Å². The van der Waals surface area contributed by atoms with Crippen LogP contribution >= 0.6 is 0 Å².